The summed E-state index contributed by atoms with van der Waals surface area (Å²) in [4.78, 5) is 12.9. The standard InChI is InChI=1S/C26H28O5.C19H20O4.C7H8O.BrH.Mg.H/c1-16-6-12-21-25(17(16)2)31-15-22(18-7-13-23(29-4)24(14-18)30-5)26(21,27)19-8-10-20(28-3)11-9-19;1-11-5-7-14-18(20)15(10-23-19(14)12(11)2)13-6-8-16(21-3)17(9-13)22-4;1-8-7-5-3-2-4-6-7;;;/h6-14,22,27H,15H2,1-5H3;5-9,15H,10H2,1-4H3;2-6H,1H3;1H;;/q;;;;+2;-1/p-1. The van der Waals surface area contributed by atoms with Gasteiger partial charge in [-0.3, -0.25) is 4.79 Å². The molecule has 0 saturated heterocycles. The Morgan fingerprint density at radius 3 is 1.61 bits per heavy atom. The summed E-state index contributed by atoms with van der Waals surface area (Å²) < 4.78 is 43.9. The number of hydrogen-bond donors (Lipinski definition) is 1. The van der Waals surface area contributed by atoms with Gasteiger partial charge in [-0.25, -0.2) is 0 Å². The summed E-state index contributed by atoms with van der Waals surface area (Å²) in [6, 6.07) is 36.3. The molecule has 1 N–H and O–H groups in total. The quantitative estimate of drug-likeness (QED) is 0.155. The largest absolute Gasteiger partial charge is 2.00 e. The predicted octanol–water partition coefficient (Wildman–Crippen LogP) is 6.85. The number of rotatable bonds is 9. The number of carbonyl (C=O) groups excluding carboxylic acids is 1. The van der Waals surface area contributed by atoms with Crippen molar-refractivity contribution in [1.82, 2.24) is 0 Å². The zero-order valence-electron chi connectivity index (χ0n) is 39.2. The van der Waals surface area contributed by atoms with Gasteiger partial charge in [0.15, 0.2) is 28.8 Å². The molecule has 6 aromatic rings. The molecule has 64 heavy (non-hydrogen) atoms. The fourth-order valence-corrected chi connectivity index (χ4v) is 7.83. The molecule has 3 atom stereocenters. The third-order valence-electron chi connectivity index (χ3n) is 11.8. The van der Waals surface area contributed by atoms with Crippen LogP contribution in [-0.4, -0.2) is 89.8 Å². The van der Waals surface area contributed by atoms with Gasteiger partial charge in [0.2, 0.25) is 0 Å². The maximum atomic E-state index is 12.9. The van der Waals surface area contributed by atoms with Crippen LogP contribution in [0.4, 0.5) is 0 Å². The fraction of sp³-hybridized carbons (Fsp3) is 0.288. The van der Waals surface area contributed by atoms with Crippen LogP contribution in [0.2, 0.25) is 0 Å². The van der Waals surface area contributed by atoms with Gasteiger partial charge in [0.05, 0.1) is 66.7 Å². The van der Waals surface area contributed by atoms with Crippen LogP contribution in [-0.2, 0) is 5.60 Å². The van der Waals surface area contributed by atoms with Gasteiger partial charge in [-0.15, -0.1) is 0 Å². The Morgan fingerprint density at radius 2 is 1.06 bits per heavy atom. The summed E-state index contributed by atoms with van der Waals surface area (Å²) in [5.74, 6) is 5.03. The summed E-state index contributed by atoms with van der Waals surface area (Å²) >= 11 is 0. The molecule has 10 nitrogen and oxygen atoms in total. The first-order valence-corrected chi connectivity index (χ1v) is 20.3. The number of methoxy groups -OCH3 is 6. The van der Waals surface area contributed by atoms with Gasteiger partial charge in [0, 0.05) is 5.56 Å². The normalized spacial score (nSPS) is 16.6. The van der Waals surface area contributed by atoms with E-state index in [2.05, 4.69) is 0 Å². The third kappa shape index (κ3) is 10.6. The number of carbonyl (C=O) groups is 1. The molecule has 0 aromatic heterocycles. The molecule has 2 aliphatic heterocycles. The van der Waals surface area contributed by atoms with Crippen LogP contribution in [0.25, 0.3) is 0 Å². The first-order valence-electron chi connectivity index (χ1n) is 20.3. The van der Waals surface area contributed by atoms with E-state index >= 15 is 0 Å². The van der Waals surface area contributed by atoms with Crippen molar-refractivity contribution in [2.45, 2.75) is 45.1 Å². The molecule has 3 unspecified atom stereocenters. The molecule has 0 spiro atoms. The van der Waals surface area contributed by atoms with E-state index in [1.165, 1.54) is 0 Å². The number of fused-ring (bicyclic) bond motifs is 2. The Bertz CT molecular complexity index is 2500. The molecule has 12 heteroatoms. The molecular weight excluding hydrogens is 889 g/mol. The second kappa shape index (κ2) is 23.0. The molecule has 0 amide bonds. The molecule has 0 saturated carbocycles. The van der Waals surface area contributed by atoms with Crippen LogP contribution in [0.15, 0.2) is 115 Å². The molecule has 0 radical (unpaired) electrons. The van der Waals surface area contributed by atoms with E-state index in [9.17, 15) is 9.90 Å². The first-order chi connectivity index (χ1) is 29.9. The van der Waals surface area contributed by atoms with Crippen molar-refractivity contribution < 1.29 is 66.2 Å². The van der Waals surface area contributed by atoms with Gasteiger partial charge in [0.25, 0.3) is 0 Å². The number of halogens is 1. The Morgan fingerprint density at radius 1 is 0.562 bits per heavy atom. The third-order valence-corrected chi connectivity index (χ3v) is 11.8. The Kier molecular flexibility index (Phi) is 18.4. The van der Waals surface area contributed by atoms with Crippen molar-refractivity contribution in [2.75, 3.05) is 55.9 Å². The number of ether oxygens (including phenoxy) is 8. The number of Topliss-reactive ketones (excluding diaryl/α,β-unsaturated/α-hetero) is 1. The van der Waals surface area contributed by atoms with E-state index in [0.29, 0.717) is 47.5 Å². The van der Waals surface area contributed by atoms with E-state index in [-0.39, 0.29) is 59.1 Å². The summed E-state index contributed by atoms with van der Waals surface area (Å²) in [7, 11) is 9.68. The zero-order valence-corrected chi connectivity index (χ0v) is 41.2. The molecule has 0 bridgehead atoms. The average Bonchev–Trinajstić information content (AvgIpc) is 3.32. The maximum absolute atomic E-state index is 12.9. The van der Waals surface area contributed by atoms with Crippen molar-refractivity contribution in [1.29, 1.82) is 0 Å². The van der Waals surface area contributed by atoms with Crippen molar-refractivity contribution in [3.63, 3.8) is 0 Å². The van der Waals surface area contributed by atoms with Crippen LogP contribution < -0.4 is 54.9 Å². The number of benzene rings is 6. The SMILES string of the molecule is COc1ccc(C2(O)c3ccc(C)c(C)c3OCC2c2ccc(OC)c(OC)c2)cc1.COc1ccc(C2COc3c(ccc(C)c3C)C2=O)cc1OC.COc1ccccc1.[Br-].[H-].[Mg+2]. The topological polar surface area (TPSA) is 111 Å². The number of aryl methyl sites for hydroxylation is 2. The smallest absolute Gasteiger partial charge is 1.00 e. The summed E-state index contributed by atoms with van der Waals surface area (Å²) in [6.45, 7) is 8.74. The van der Waals surface area contributed by atoms with Crippen LogP contribution in [0.3, 0.4) is 0 Å². The van der Waals surface area contributed by atoms with E-state index in [1.807, 2.05) is 143 Å². The average molecular weight is 946 g/mol. The van der Waals surface area contributed by atoms with Gasteiger partial charge in [-0.05, 0) is 121 Å². The molecule has 8 rings (SSSR count). The van der Waals surface area contributed by atoms with Gasteiger partial charge in [0.1, 0.15) is 35.2 Å². The van der Waals surface area contributed by atoms with E-state index in [1.54, 1.807) is 42.7 Å². The summed E-state index contributed by atoms with van der Waals surface area (Å²) in [5.41, 5.74) is 6.99. The molecule has 334 valence electrons. The zero-order chi connectivity index (χ0) is 44.6. The first kappa shape index (κ1) is 51.2. The minimum Gasteiger partial charge on any atom is -1.00 e. The predicted molar refractivity (Wildman–Crippen MR) is 248 cm³/mol. The molecule has 0 fully saturated rings. The van der Waals surface area contributed by atoms with E-state index in [4.69, 9.17) is 37.9 Å². The number of ketones is 1. The Balaban J connectivity index is 0.000000291. The number of hydrogen-bond acceptors (Lipinski definition) is 10. The summed E-state index contributed by atoms with van der Waals surface area (Å²) in [5, 5.41) is 12.4. The second-order valence-electron chi connectivity index (χ2n) is 15.1. The van der Waals surface area contributed by atoms with Gasteiger partial charge >= 0.3 is 23.1 Å². The van der Waals surface area contributed by atoms with Crippen molar-refractivity contribution in [2.24, 2.45) is 0 Å². The van der Waals surface area contributed by atoms with Gasteiger partial charge in [-0.2, -0.15) is 0 Å². The van der Waals surface area contributed by atoms with Crippen LogP contribution in [0.5, 0.6) is 46.0 Å². The van der Waals surface area contributed by atoms with Crippen LogP contribution in [0.1, 0.15) is 68.1 Å². The Hall–Kier alpha value is -5.40. The number of para-hydroxylation sites is 1. The van der Waals surface area contributed by atoms with Crippen molar-refractivity contribution in [3.8, 4) is 46.0 Å². The molecule has 0 aliphatic carbocycles. The monoisotopic (exact) mass is 944 g/mol. The van der Waals surface area contributed by atoms with Crippen LogP contribution in [0, 0.1) is 27.7 Å². The number of aliphatic hydroxyl groups is 1. The van der Waals surface area contributed by atoms with Gasteiger partial charge < -0.3 is 61.4 Å². The maximum Gasteiger partial charge on any atom is 2.00 e. The van der Waals surface area contributed by atoms with Crippen molar-refractivity contribution in [3.05, 3.63) is 165 Å². The van der Waals surface area contributed by atoms with E-state index in [0.717, 1.165) is 61.8 Å². The molecule has 2 aliphatic rings. The fourth-order valence-electron chi connectivity index (χ4n) is 7.83. The summed E-state index contributed by atoms with van der Waals surface area (Å²) in [6.07, 6.45) is 0. The minimum atomic E-state index is -1.29. The van der Waals surface area contributed by atoms with Gasteiger partial charge in [-0.1, -0.05) is 60.7 Å². The van der Waals surface area contributed by atoms with Crippen molar-refractivity contribution >= 4 is 28.8 Å². The molecular formula is C52H57BrMgO10. The van der Waals surface area contributed by atoms with Crippen LogP contribution >= 0.6 is 0 Å². The van der Waals surface area contributed by atoms with E-state index < -0.39 is 5.60 Å². The molecule has 6 aromatic carbocycles. The Labute approximate surface area is 405 Å². The minimum absolute atomic E-state index is 0. The molecule has 2 heterocycles. The second-order valence-corrected chi connectivity index (χ2v) is 15.1.